The van der Waals surface area contributed by atoms with Crippen LogP contribution in [0.25, 0.3) is 0 Å². The van der Waals surface area contributed by atoms with E-state index in [4.69, 9.17) is 5.73 Å². The SMILES string of the molecule is CC1CN(C2CC(C)(C)CCC2N)CC(C)N1C. The van der Waals surface area contributed by atoms with E-state index in [-0.39, 0.29) is 0 Å². The van der Waals surface area contributed by atoms with Crippen molar-refractivity contribution in [1.29, 1.82) is 0 Å². The van der Waals surface area contributed by atoms with Crippen LogP contribution in [0.5, 0.6) is 0 Å². The summed E-state index contributed by atoms with van der Waals surface area (Å²) in [4.78, 5) is 5.16. The first-order valence-electron chi connectivity index (χ1n) is 7.52. The first-order valence-corrected chi connectivity index (χ1v) is 7.52. The molecule has 0 aromatic carbocycles. The summed E-state index contributed by atoms with van der Waals surface area (Å²) >= 11 is 0. The molecule has 106 valence electrons. The molecule has 2 aliphatic rings. The lowest BCUT2D eigenvalue weighted by molar-refractivity contribution is -0.00175. The van der Waals surface area contributed by atoms with Gasteiger partial charge >= 0.3 is 0 Å². The number of nitrogens with two attached hydrogens (primary N) is 1. The highest BCUT2D eigenvalue weighted by Crippen LogP contribution is 2.37. The predicted molar refractivity (Wildman–Crippen MR) is 77.7 cm³/mol. The minimum Gasteiger partial charge on any atom is -0.326 e. The van der Waals surface area contributed by atoms with Crippen molar-refractivity contribution < 1.29 is 0 Å². The lowest BCUT2D eigenvalue weighted by Gasteiger charge is -2.50. The number of hydrogen-bond donors (Lipinski definition) is 1. The largest absolute Gasteiger partial charge is 0.326 e. The molecule has 1 saturated heterocycles. The van der Waals surface area contributed by atoms with E-state index in [0.717, 1.165) is 0 Å². The van der Waals surface area contributed by atoms with E-state index in [1.165, 1.54) is 32.4 Å². The maximum Gasteiger partial charge on any atom is 0.0253 e. The Labute approximate surface area is 113 Å². The van der Waals surface area contributed by atoms with E-state index < -0.39 is 0 Å². The summed E-state index contributed by atoms with van der Waals surface area (Å²) in [6, 6.07) is 2.25. The highest BCUT2D eigenvalue weighted by atomic mass is 15.3. The quantitative estimate of drug-likeness (QED) is 0.775. The molecule has 0 amide bonds. The van der Waals surface area contributed by atoms with E-state index in [0.29, 0.717) is 29.6 Å². The van der Waals surface area contributed by atoms with Gasteiger partial charge in [0.1, 0.15) is 0 Å². The van der Waals surface area contributed by atoms with E-state index in [1.807, 2.05) is 0 Å². The Hall–Kier alpha value is -0.120. The zero-order chi connectivity index (χ0) is 13.5. The Kier molecular flexibility index (Phi) is 4.05. The lowest BCUT2D eigenvalue weighted by atomic mass is 9.72. The normalized spacial score (nSPS) is 43.0. The van der Waals surface area contributed by atoms with Crippen LogP contribution < -0.4 is 5.73 Å². The van der Waals surface area contributed by atoms with Gasteiger partial charge in [0.15, 0.2) is 0 Å². The number of hydrogen-bond acceptors (Lipinski definition) is 3. The van der Waals surface area contributed by atoms with Crippen LogP contribution in [0.1, 0.15) is 47.0 Å². The van der Waals surface area contributed by atoms with Crippen molar-refractivity contribution in [3.05, 3.63) is 0 Å². The van der Waals surface area contributed by atoms with E-state index >= 15 is 0 Å². The molecule has 3 nitrogen and oxygen atoms in total. The van der Waals surface area contributed by atoms with Gasteiger partial charge in [0.25, 0.3) is 0 Å². The molecular formula is C15H31N3. The molecule has 0 spiro atoms. The Morgan fingerprint density at radius 1 is 1.11 bits per heavy atom. The van der Waals surface area contributed by atoms with Gasteiger partial charge in [-0.15, -0.1) is 0 Å². The van der Waals surface area contributed by atoms with Gasteiger partial charge in [0.2, 0.25) is 0 Å². The summed E-state index contributed by atoms with van der Waals surface area (Å²) in [5, 5.41) is 0. The summed E-state index contributed by atoms with van der Waals surface area (Å²) in [5.41, 5.74) is 6.87. The summed E-state index contributed by atoms with van der Waals surface area (Å²) in [5.74, 6) is 0. The molecule has 0 aromatic rings. The molecule has 2 rings (SSSR count). The maximum absolute atomic E-state index is 6.40. The smallest absolute Gasteiger partial charge is 0.0253 e. The number of rotatable bonds is 1. The third-order valence-electron chi connectivity index (χ3n) is 5.27. The van der Waals surface area contributed by atoms with Crippen molar-refractivity contribution in [2.45, 2.75) is 71.1 Å². The molecule has 0 radical (unpaired) electrons. The Morgan fingerprint density at radius 2 is 1.67 bits per heavy atom. The van der Waals surface area contributed by atoms with Crippen molar-refractivity contribution in [3.8, 4) is 0 Å². The molecule has 2 N–H and O–H groups in total. The molecule has 3 heteroatoms. The molecule has 4 unspecified atom stereocenters. The molecule has 2 fully saturated rings. The standard InChI is InChI=1S/C15H31N3/c1-11-9-18(10-12(2)17(11)5)14-8-15(3,4)7-6-13(14)16/h11-14H,6-10,16H2,1-5H3. The van der Waals surface area contributed by atoms with Crippen LogP contribution in [-0.2, 0) is 0 Å². The summed E-state index contributed by atoms with van der Waals surface area (Å²) in [7, 11) is 2.25. The molecule has 4 atom stereocenters. The summed E-state index contributed by atoms with van der Waals surface area (Å²) in [6.45, 7) is 11.8. The predicted octanol–water partition coefficient (Wildman–Crippen LogP) is 1.92. The van der Waals surface area contributed by atoms with Crippen molar-refractivity contribution in [2.24, 2.45) is 11.1 Å². The molecule has 0 aromatic heterocycles. The second-order valence-electron chi connectivity index (χ2n) is 7.46. The molecular weight excluding hydrogens is 222 g/mol. The van der Waals surface area contributed by atoms with E-state index in [9.17, 15) is 0 Å². The summed E-state index contributed by atoms with van der Waals surface area (Å²) < 4.78 is 0. The molecule has 1 saturated carbocycles. The number of likely N-dealkylation sites (N-methyl/N-ethyl adjacent to an activating group) is 1. The van der Waals surface area contributed by atoms with Gasteiger partial charge in [-0.2, -0.15) is 0 Å². The van der Waals surface area contributed by atoms with Crippen molar-refractivity contribution in [3.63, 3.8) is 0 Å². The molecule has 18 heavy (non-hydrogen) atoms. The monoisotopic (exact) mass is 253 g/mol. The van der Waals surface area contributed by atoms with Gasteiger partial charge in [0.05, 0.1) is 0 Å². The van der Waals surface area contributed by atoms with Crippen LogP contribution in [0.15, 0.2) is 0 Å². The van der Waals surface area contributed by atoms with Gasteiger partial charge in [-0.3, -0.25) is 9.80 Å². The Morgan fingerprint density at radius 3 is 2.22 bits per heavy atom. The average Bonchev–Trinajstić information content (AvgIpc) is 2.28. The minimum atomic E-state index is 0.376. The molecule has 1 heterocycles. The fraction of sp³-hybridized carbons (Fsp3) is 1.00. The van der Waals surface area contributed by atoms with Crippen LogP contribution in [0.4, 0.5) is 0 Å². The maximum atomic E-state index is 6.40. The number of piperazine rings is 1. The first-order chi connectivity index (χ1) is 8.30. The highest BCUT2D eigenvalue weighted by molar-refractivity contribution is 4.96. The van der Waals surface area contributed by atoms with Crippen LogP contribution in [-0.4, -0.2) is 54.1 Å². The van der Waals surface area contributed by atoms with Gasteiger partial charge in [-0.05, 0) is 45.6 Å². The second-order valence-corrected chi connectivity index (χ2v) is 7.46. The van der Waals surface area contributed by atoms with Gasteiger partial charge in [-0.25, -0.2) is 0 Å². The van der Waals surface area contributed by atoms with Gasteiger partial charge in [-0.1, -0.05) is 13.8 Å². The zero-order valence-corrected chi connectivity index (χ0v) is 12.8. The van der Waals surface area contributed by atoms with E-state index in [2.05, 4.69) is 44.5 Å². The van der Waals surface area contributed by atoms with Crippen molar-refractivity contribution in [2.75, 3.05) is 20.1 Å². The van der Waals surface area contributed by atoms with E-state index in [1.54, 1.807) is 0 Å². The minimum absolute atomic E-state index is 0.376. The zero-order valence-electron chi connectivity index (χ0n) is 12.8. The van der Waals surface area contributed by atoms with Gasteiger partial charge in [0, 0.05) is 37.3 Å². The first kappa shape index (κ1) is 14.3. The molecule has 1 aliphatic carbocycles. The average molecular weight is 253 g/mol. The fourth-order valence-corrected chi connectivity index (χ4v) is 3.69. The third-order valence-corrected chi connectivity index (χ3v) is 5.27. The number of nitrogens with zero attached hydrogens (tertiary/aromatic N) is 2. The van der Waals surface area contributed by atoms with Crippen molar-refractivity contribution >= 4 is 0 Å². The molecule has 1 aliphatic heterocycles. The fourth-order valence-electron chi connectivity index (χ4n) is 3.69. The summed E-state index contributed by atoms with van der Waals surface area (Å²) in [6.07, 6.45) is 3.73. The highest BCUT2D eigenvalue weighted by Gasteiger charge is 2.39. The topological polar surface area (TPSA) is 32.5 Å². The molecule has 0 bridgehead atoms. The lowest BCUT2D eigenvalue weighted by Crippen LogP contribution is -2.62. The second kappa shape index (κ2) is 5.10. The third kappa shape index (κ3) is 2.89. The van der Waals surface area contributed by atoms with Crippen molar-refractivity contribution in [1.82, 2.24) is 9.80 Å². The Balaban J connectivity index is 2.06. The van der Waals surface area contributed by atoms with Crippen LogP contribution in [0, 0.1) is 5.41 Å². The van der Waals surface area contributed by atoms with Crippen LogP contribution in [0.3, 0.4) is 0 Å². The van der Waals surface area contributed by atoms with Crippen LogP contribution >= 0.6 is 0 Å². The Bertz CT molecular complexity index is 277. The van der Waals surface area contributed by atoms with Crippen LogP contribution in [0.2, 0.25) is 0 Å². The van der Waals surface area contributed by atoms with Gasteiger partial charge < -0.3 is 5.73 Å².